The zero-order chi connectivity index (χ0) is 8.97. The van der Waals surface area contributed by atoms with E-state index in [1.807, 2.05) is 0 Å². The van der Waals surface area contributed by atoms with Crippen LogP contribution >= 0.6 is 0 Å². The fourth-order valence-corrected chi connectivity index (χ4v) is 1.04. The third-order valence-electron chi connectivity index (χ3n) is 2.20. The second-order valence-electron chi connectivity index (χ2n) is 3.44. The minimum atomic E-state index is 0.521. The largest absolute Gasteiger partial charge is 0.303 e. The van der Waals surface area contributed by atoms with Crippen molar-refractivity contribution in [2.24, 2.45) is 5.92 Å². The van der Waals surface area contributed by atoms with E-state index in [0.29, 0.717) is 12.0 Å². The van der Waals surface area contributed by atoms with Gasteiger partial charge in [-0.25, -0.2) is 0 Å². The normalized spacial score (nSPS) is 20.0. The molecule has 1 atom stereocenters. The van der Waals surface area contributed by atoms with E-state index in [4.69, 9.17) is 0 Å². The van der Waals surface area contributed by atoms with E-state index in [0.717, 1.165) is 0 Å². The van der Waals surface area contributed by atoms with E-state index in [-0.39, 0.29) is 0 Å². The number of nitrogens with zero attached hydrogens (tertiary/aromatic N) is 1. The molecule has 12 heavy (non-hydrogen) atoms. The van der Waals surface area contributed by atoms with Crippen molar-refractivity contribution < 1.29 is 0 Å². The molecule has 1 heteroatoms. The van der Waals surface area contributed by atoms with Crippen LogP contribution < -0.4 is 0 Å². The van der Waals surface area contributed by atoms with Crippen LogP contribution in [0.4, 0.5) is 0 Å². The van der Waals surface area contributed by atoms with Crippen molar-refractivity contribution in [2.75, 3.05) is 14.1 Å². The quantitative estimate of drug-likeness (QED) is 0.577. The van der Waals surface area contributed by atoms with Gasteiger partial charge in [0, 0.05) is 12.0 Å². The molecule has 66 valence electrons. The summed E-state index contributed by atoms with van der Waals surface area (Å²) in [4.78, 5) is 2.19. The Kier molecular flexibility index (Phi) is 3.30. The van der Waals surface area contributed by atoms with Gasteiger partial charge in [0.05, 0.1) is 0 Å². The third kappa shape index (κ3) is 2.67. The topological polar surface area (TPSA) is 3.24 Å². The van der Waals surface area contributed by atoms with Gasteiger partial charge in [0.25, 0.3) is 0 Å². The summed E-state index contributed by atoms with van der Waals surface area (Å²) in [5.41, 5.74) is 0. The molecule has 0 aliphatic heterocycles. The van der Waals surface area contributed by atoms with Crippen LogP contribution in [-0.2, 0) is 0 Å². The lowest BCUT2D eigenvalue weighted by molar-refractivity contribution is 0.363. The summed E-state index contributed by atoms with van der Waals surface area (Å²) in [6.07, 6.45) is 13.1. The van der Waals surface area contributed by atoms with Crippen molar-refractivity contribution >= 4 is 0 Å². The van der Waals surface area contributed by atoms with Gasteiger partial charge in [-0.2, -0.15) is 0 Å². The fourth-order valence-electron chi connectivity index (χ4n) is 1.04. The van der Waals surface area contributed by atoms with Crippen LogP contribution in [-0.4, -0.2) is 25.0 Å². The van der Waals surface area contributed by atoms with Gasteiger partial charge in [0.1, 0.15) is 0 Å². The van der Waals surface area contributed by atoms with E-state index in [9.17, 15) is 0 Å². The summed E-state index contributed by atoms with van der Waals surface area (Å²) in [6.45, 7) is 2.19. The highest BCUT2D eigenvalue weighted by Crippen LogP contribution is 2.10. The Bertz CT molecular complexity index is 199. The van der Waals surface area contributed by atoms with Gasteiger partial charge >= 0.3 is 0 Å². The Morgan fingerprint density at radius 2 is 1.83 bits per heavy atom. The van der Waals surface area contributed by atoms with Crippen molar-refractivity contribution in [2.45, 2.75) is 13.0 Å². The molecule has 0 aromatic heterocycles. The number of hydrogen-bond donors (Lipinski definition) is 0. The lowest BCUT2D eigenvalue weighted by Gasteiger charge is -2.15. The maximum atomic E-state index is 2.24. The number of hydrogen-bond acceptors (Lipinski definition) is 1. The fraction of sp³-hybridized carbons (Fsp3) is 0.455. The molecule has 1 aliphatic rings. The van der Waals surface area contributed by atoms with Crippen molar-refractivity contribution in [1.29, 1.82) is 0 Å². The lowest BCUT2D eigenvalue weighted by atomic mass is 10.1. The first-order valence-electron chi connectivity index (χ1n) is 4.40. The van der Waals surface area contributed by atoms with Crippen LogP contribution in [0.1, 0.15) is 6.92 Å². The summed E-state index contributed by atoms with van der Waals surface area (Å²) in [5, 5.41) is 0. The lowest BCUT2D eigenvalue weighted by Crippen LogP contribution is -2.22. The Balaban J connectivity index is 2.39. The van der Waals surface area contributed by atoms with Crippen LogP contribution in [0, 0.1) is 5.92 Å². The number of rotatable bonds is 3. The first-order valence-corrected chi connectivity index (χ1v) is 4.40. The summed E-state index contributed by atoms with van der Waals surface area (Å²) in [7, 11) is 4.19. The van der Waals surface area contributed by atoms with E-state index in [1.54, 1.807) is 0 Å². The van der Waals surface area contributed by atoms with Gasteiger partial charge < -0.3 is 4.90 Å². The monoisotopic (exact) mass is 163 g/mol. The smallest absolute Gasteiger partial charge is 0.0244 e. The minimum absolute atomic E-state index is 0.521. The van der Waals surface area contributed by atoms with Gasteiger partial charge in [0.15, 0.2) is 0 Å². The van der Waals surface area contributed by atoms with Gasteiger partial charge in [-0.15, -0.1) is 0 Å². The van der Waals surface area contributed by atoms with Crippen LogP contribution in [0.15, 0.2) is 36.5 Å². The Labute approximate surface area is 75.1 Å². The van der Waals surface area contributed by atoms with Gasteiger partial charge in [-0.3, -0.25) is 0 Å². The van der Waals surface area contributed by atoms with Crippen molar-refractivity contribution in [3.8, 4) is 0 Å². The molecule has 0 saturated carbocycles. The summed E-state index contributed by atoms with van der Waals surface area (Å²) in [5.74, 6) is 0.521. The summed E-state index contributed by atoms with van der Waals surface area (Å²) >= 11 is 0. The van der Waals surface area contributed by atoms with E-state index < -0.39 is 0 Å². The predicted octanol–water partition coefficient (Wildman–Crippen LogP) is 2.23. The highest BCUT2D eigenvalue weighted by atomic mass is 15.1. The van der Waals surface area contributed by atoms with E-state index in [1.165, 1.54) is 0 Å². The van der Waals surface area contributed by atoms with Crippen molar-refractivity contribution in [3.63, 3.8) is 0 Å². The highest BCUT2D eigenvalue weighted by Gasteiger charge is 2.01. The Hall–Kier alpha value is -0.820. The van der Waals surface area contributed by atoms with Gasteiger partial charge in [0.2, 0.25) is 0 Å². The summed E-state index contributed by atoms with van der Waals surface area (Å²) in [6, 6.07) is 0.521. The molecule has 0 aromatic rings. The minimum Gasteiger partial charge on any atom is -0.303 e. The van der Waals surface area contributed by atoms with Crippen LogP contribution in [0.3, 0.4) is 0 Å². The van der Waals surface area contributed by atoms with E-state index in [2.05, 4.69) is 62.4 Å². The second-order valence-corrected chi connectivity index (χ2v) is 3.44. The van der Waals surface area contributed by atoms with Crippen LogP contribution in [0.25, 0.3) is 0 Å². The number of likely N-dealkylation sites (N-methyl/N-ethyl adjacent to an activating group) is 1. The molecule has 0 amide bonds. The number of allylic oxidation sites excluding steroid dienone is 5. The van der Waals surface area contributed by atoms with Crippen molar-refractivity contribution in [1.82, 2.24) is 4.90 Å². The Morgan fingerprint density at radius 1 is 1.25 bits per heavy atom. The zero-order valence-electron chi connectivity index (χ0n) is 8.07. The van der Waals surface area contributed by atoms with Gasteiger partial charge in [-0.1, -0.05) is 36.5 Å². The van der Waals surface area contributed by atoms with Gasteiger partial charge in [-0.05, 0) is 21.0 Å². The van der Waals surface area contributed by atoms with E-state index >= 15 is 0 Å². The first kappa shape index (κ1) is 9.27. The Morgan fingerprint density at radius 3 is 2.33 bits per heavy atom. The molecule has 1 aliphatic carbocycles. The summed E-state index contributed by atoms with van der Waals surface area (Å²) < 4.78 is 0. The van der Waals surface area contributed by atoms with Crippen LogP contribution in [0.2, 0.25) is 0 Å². The maximum absolute atomic E-state index is 2.24. The zero-order valence-corrected chi connectivity index (χ0v) is 8.07. The molecule has 0 fully saturated rings. The second kappa shape index (κ2) is 4.27. The molecule has 0 spiro atoms. The molecule has 0 heterocycles. The van der Waals surface area contributed by atoms with Crippen molar-refractivity contribution in [3.05, 3.63) is 36.5 Å². The molecule has 1 rings (SSSR count). The molecule has 1 unspecified atom stereocenters. The highest BCUT2D eigenvalue weighted by molar-refractivity contribution is 5.23. The third-order valence-corrected chi connectivity index (χ3v) is 2.20. The average molecular weight is 163 g/mol. The SMILES string of the molecule is CC(/C=C/C1C=CC=C1)N(C)C. The molecule has 1 nitrogen and oxygen atoms in total. The van der Waals surface area contributed by atoms with Crippen LogP contribution in [0.5, 0.6) is 0 Å². The predicted molar refractivity (Wildman–Crippen MR) is 54.1 cm³/mol. The standard InChI is InChI=1S/C11H17N/c1-10(12(2)3)8-9-11-6-4-5-7-11/h4-11H,1-3H3/b9-8+. The first-order chi connectivity index (χ1) is 5.70. The molecule has 0 bridgehead atoms. The average Bonchev–Trinajstić information content (AvgIpc) is 2.51. The molecule has 0 saturated heterocycles. The molecule has 0 aromatic carbocycles. The molecular formula is C11H17N. The molecular weight excluding hydrogens is 146 g/mol. The molecule has 0 radical (unpaired) electrons. The maximum Gasteiger partial charge on any atom is 0.0244 e. The molecule has 0 N–H and O–H groups in total.